The molecule has 0 bridgehead atoms. The number of hydrogen-bond acceptors (Lipinski definition) is 7. The third-order valence-corrected chi connectivity index (χ3v) is 1.95. The molecule has 2 rings (SSSR count). The Kier molecular flexibility index (Phi) is 3.24. The molecule has 8 heteroatoms. The number of carbonyl (C=O) groups excluding carboxylic acids is 1. The molecule has 0 saturated carbocycles. The summed E-state index contributed by atoms with van der Waals surface area (Å²) in [7, 11) is 0. The number of amides is 1. The van der Waals surface area contributed by atoms with E-state index < -0.39 is 0 Å². The van der Waals surface area contributed by atoms with Gasteiger partial charge in [-0.2, -0.15) is 4.98 Å². The summed E-state index contributed by atoms with van der Waals surface area (Å²) in [5, 5.41) is 6.27. The van der Waals surface area contributed by atoms with Crippen LogP contribution in [0.4, 0.5) is 5.82 Å². The first-order valence-electron chi connectivity index (χ1n) is 4.86. The molecular formula is C9H10N6O2. The number of nitrogens with one attached hydrogen (secondary N) is 1. The number of rotatable bonds is 4. The van der Waals surface area contributed by atoms with Crippen molar-refractivity contribution in [3.63, 3.8) is 0 Å². The van der Waals surface area contributed by atoms with E-state index in [2.05, 4.69) is 29.9 Å². The second-order valence-electron chi connectivity index (χ2n) is 3.18. The first kappa shape index (κ1) is 11.0. The number of hydrogen-bond donors (Lipinski definition) is 2. The molecule has 0 fully saturated rings. The van der Waals surface area contributed by atoms with Crippen LogP contribution in [0, 0.1) is 0 Å². The quantitative estimate of drug-likeness (QED) is 0.725. The van der Waals surface area contributed by atoms with Crippen molar-refractivity contribution in [2.24, 2.45) is 0 Å². The summed E-state index contributed by atoms with van der Waals surface area (Å²) < 4.78 is 4.56. The van der Waals surface area contributed by atoms with Crippen LogP contribution in [0.2, 0.25) is 0 Å². The normalized spacial score (nSPS) is 10.1. The van der Waals surface area contributed by atoms with Gasteiger partial charge in [-0.25, -0.2) is 9.97 Å². The minimum absolute atomic E-state index is 0.215. The van der Waals surface area contributed by atoms with Crippen molar-refractivity contribution in [3.8, 4) is 0 Å². The van der Waals surface area contributed by atoms with E-state index in [4.69, 9.17) is 5.73 Å². The zero-order valence-corrected chi connectivity index (χ0v) is 8.83. The molecule has 0 atom stereocenters. The summed E-state index contributed by atoms with van der Waals surface area (Å²) in [6.45, 7) is 0.393. The Morgan fingerprint density at radius 2 is 2.24 bits per heavy atom. The molecule has 2 aromatic rings. The van der Waals surface area contributed by atoms with Crippen LogP contribution >= 0.6 is 0 Å². The molecule has 0 aliphatic rings. The molecule has 0 saturated heterocycles. The molecule has 0 spiro atoms. The highest BCUT2D eigenvalue weighted by Gasteiger charge is 2.07. The Morgan fingerprint density at radius 3 is 2.88 bits per heavy atom. The lowest BCUT2D eigenvalue weighted by Gasteiger charge is -2.02. The monoisotopic (exact) mass is 234 g/mol. The molecule has 0 aromatic carbocycles. The highest BCUT2D eigenvalue weighted by molar-refractivity contribution is 5.91. The second-order valence-corrected chi connectivity index (χ2v) is 3.18. The van der Waals surface area contributed by atoms with E-state index >= 15 is 0 Å². The van der Waals surface area contributed by atoms with Crippen LogP contribution in [-0.2, 0) is 6.42 Å². The molecule has 8 nitrogen and oxygen atoms in total. The van der Waals surface area contributed by atoms with Crippen molar-refractivity contribution in [2.75, 3.05) is 12.3 Å². The van der Waals surface area contributed by atoms with Gasteiger partial charge in [-0.15, -0.1) is 0 Å². The first-order valence-corrected chi connectivity index (χ1v) is 4.86. The highest BCUT2D eigenvalue weighted by Crippen LogP contribution is 1.96. The molecule has 0 unspecified atom stereocenters. The molecular weight excluding hydrogens is 224 g/mol. The Morgan fingerprint density at radius 1 is 1.35 bits per heavy atom. The standard InChI is InChI=1S/C9H10N6O2/c10-7-4-12-6(3-13-7)9(16)11-2-1-8-14-5-17-15-8/h3-5H,1-2H2,(H2,10,13)(H,11,16). The summed E-state index contributed by atoms with van der Waals surface area (Å²) in [4.78, 5) is 23.0. The van der Waals surface area contributed by atoms with Crippen molar-refractivity contribution in [3.05, 3.63) is 30.3 Å². The van der Waals surface area contributed by atoms with Gasteiger partial charge in [0.15, 0.2) is 5.82 Å². The number of aromatic nitrogens is 4. The minimum Gasteiger partial charge on any atom is -0.382 e. The SMILES string of the molecule is Nc1cnc(C(=O)NCCc2ncon2)cn1. The molecule has 0 aliphatic heterocycles. The van der Waals surface area contributed by atoms with Crippen molar-refractivity contribution in [2.45, 2.75) is 6.42 Å². The van der Waals surface area contributed by atoms with Gasteiger partial charge in [-0.05, 0) is 0 Å². The maximum atomic E-state index is 11.6. The molecule has 17 heavy (non-hydrogen) atoms. The van der Waals surface area contributed by atoms with Crippen LogP contribution in [0.15, 0.2) is 23.3 Å². The van der Waals surface area contributed by atoms with Crippen LogP contribution in [-0.4, -0.2) is 32.6 Å². The number of nitrogen functional groups attached to an aromatic ring is 1. The van der Waals surface area contributed by atoms with E-state index in [0.29, 0.717) is 18.8 Å². The maximum Gasteiger partial charge on any atom is 0.271 e. The number of carbonyl (C=O) groups is 1. The van der Waals surface area contributed by atoms with E-state index in [1.807, 2.05) is 0 Å². The third-order valence-electron chi connectivity index (χ3n) is 1.95. The van der Waals surface area contributed by atoms with Gasteiger partial charge < -0.3 is 15.6 Å². The average Bonchev–Trinajstić information content (AvgIpc) is 2.83. The van der Waals surface area contributed by atoms with Crippen LogP contribution in [0.1, 0.15) is 16.3 Å². The largest absolute Gasteiger partial charge is 0.382 e. The fourth-order valence-corrected chi connectivity index (χ4v) is 1.14. The number of anilines is 1. The third kappa shape index (κ3) is 2.97. The molecule has 88 valence electrons. The molecule has 2 aromatic heterocycles. The molecule has 0 aliphatic carbocycles. The predicted octanol–water partition coefficient (Wildman–Crippen LogP) is -0.586. The van der Waals surface area contributed by atoms with Crippen molar-refractivity contribution >= 4 is 11.7 Å². The maximum absolute atomic E-state index is 11.6. The smallest absolute Gasteiger partial charge is 0.271 e. The summed E-state index contributed by atoms with van der Waals surface area (Å²) in [5.41, 5.74) is 5.57. The van der Waals surface area contributed by atoms with E-state index in [0.717, 1.165) is 0 Å². The van der Waals surface area contributed by atoms with Gasteiger partial charge in [0, 0.05) is 13.0 Å². The van der Waals surface area contributed by atoms with Gasteiger partial charge in [0.2, 0.25) is 6.39 Å². The van der Waals surface area contributed by atoms with Gasteiger partial charge in [0.05, 0.1) is 12.4 Å². The lowest BCUT2D eigenvalue weighted by Crippen LogP contribution is -2.27. The van der Waals surface area contributed by atoms with Crippen LogP contribution in [0.25, 0.3) is 0 Å². The van der Waals surface area contributed by atoms with Gasteiger partial charge in [-0.3, -0.25) is 4.79 Å². The lowest BCUT2D eigenvalue weighted by atomic mass is 10.3. The number of nitrogens with two attached hydrogens (primary N) is 1. The summed E-state index contributed by atoms with van der Waals surface area (Å²) in [6, 6.07) is 0. The molecule has 0 radical (unpaired) electrons. The van der Waals surface area contributed by atoms with Crippen LogP contribution in [0.5, 0.6) is 0 Å². The summed E-state index contributed by atoms with van der Waals surface area (Å²) in [5.74, 6) is 0.489. The average molecular weight is 234 g/mol. The van der Waals surface area contributed by atoms with E-state index in [1.54, 1.807) is 0 Å². The van der Waals surface area contributed by atoms with Gasteiger partial charge in [0.1, 0.15) is 11.5 Å². The van der Waals surface area contributed by atoms with E-state index in [1.165, 1.54) is 18.8 Å². The number of nitrogens with zero attached hydrogens (tertiary/aromatic N) is 4. The predicted molar refractivity (Wildman–Crippen MR) is 56.8 cm³/mol. The Balaban J connectivity index is 1.83. The second kappa shape index (κ2) is 5.01. The van der Waals surface area contributed by atoms with Crippen molar-refractivity contribution < 1.29 is 9.32 Å². The fourth-order valence-electron chi connectivity index (χ4n) is 1.14. The molecule has 3 N–H and O–H groups in total. The lowest BCUT2D eigenvalue weighted by molar-refractivity contribution is 0.0948. The topological polar surface area (TPSA) is 120 Å². The Hall–Kier alpha value is -2.51. The molecule has 2 heterocycles. The Bertz CT molecular complexity index is 481. The van der Waals surface area contributed by atoms with Gasteiger partial charge >= 0.3 is 0 Å². The highest BCUT2D eigenvalue weighted by atomic mass is 16.5. The zero-order chi connectivity index (χ0) is 12.1. The summed E-state index contributed by atoms with van der Waals surface area (Å²) >= 11 is 0. The van der Waals surface area contributed by atoms with Crippen molar-refractivity contribution in [1.82, 2.24) is 25.4 Å². The van der Waals surface area contributed by atoms with Gasteiger partial charge in [0.25, 0.3) is 5.91 Å². The van der Waals surface area contributed by atoms with Gasteiger partial charge in [-0.1, -0.05) is 5.16 Å². The van der Waals surface area contributed by atoms with E-state index in [-0.39, 0.29) is 17.4 Å². The fraction of sp³-hybridized carbons (Fsp3) is 0.222. The van der Waals surface area contributed by atoms with Crippen LogP contribution in [0.3, 0.4) is 0 Å². The first-order chi connectivity index (χ1) is 8.25. The molecule has 1 amide bonds. The van der Waals surface area contributed by atoms with E-state index in [9.17, 15) is 4.79 Å². The summed E-state index contributed by atoms with van der Waals surface area (Å²) in [6.07, 6.45) is 4.38. The minimum atomic E-state index is -0.319. The van der Waals surface area contributed by atoms with Crippen molar-refractivity contribution in [1.29, 1.82) is 0 Å². The zero-order valence-electron chi connectivity index (χ0n) is 8.83. The van der Waals surface area contributed by atoms with Crippen LogP contribution < -0.4 is 11.1 Å². The Labute approximate surface area is 96.3 Å².